The average Bonchev–Trinajstić information content (AvgIpc) is 3.13. The number of nitrogen functional groups attached to an aromatic ring is 1. The first-order valence-corrected chi connectivity index (χ1v) is 7.77. The van der Waals surface area contributed by atoms with Gasteiger partial charge >= 0.3 is 0 Å². The summed E-state index contributed by atoms with van der Waals surface area (Å²) in [6.07, 6.45) is 1.86. The predicted molar refractivity (Wildman–Crippen MR) is 74.4 cm³/mol. The fourth-order valence-electron chi connectivity index (χ4n) is 2.13. The lowest BCUT2D eigenvalue weighted by atomic mass is 10.2. The molecule has 6 heteroatoms. The molecule has 1 saturated carbocycles. The first-order valence-electron chi connectivity index (χ1n) is 6.33. The summed E-state index contributed by atoms with van der Waals surface area (Å²) in [6, 6.07) is 5.02. The van der Waals surface area contributed by atoms with Crippen LogP contribution in [0.2, 0.25) is 0 Å². The van der Waals surface area contributed by atoms with Crippen molar-refractivity contribution in [1.29, 1.82) is 0 Å². The topological polar surface area (TPSA) is 72.6 Å². The minimum atomic E-state index is -3.46. The van der Waals surface area contributed by atoms with Crippen molar-refractivity contribution in [2.75, 3.05) is 26.0 Å². The zero-order valence-corrected chi connectivity index (χ0v) is 12.1. The fraction of sp³-hybridized carbons (Fsp3) is 0.538. The van der Waals surface area contributed by atoms with Crippen molar-refractivity contribution in [2.24, 2.45) is 0 Å². The number of ether oxygens (including phenoxy) is 1. The van der Waals surface area contributed by atoms with Crippen molar-refractivity contribution in [1.82, 2.24) is 4.31 Å². The molecular weight excluding hydrogens is 264 g/mol. The maximum atomic E-state index is 12.7. The van der Waals surface area contributed by atoms with Crippen molar-refractivity contribution in [3.63, 3.8) is 0 Å². The molecule has 0 aliphatic heterocycles. The van der Waals surface area contributed by atoms with Gasteiger partial charge in [-0.15, -0.1) is 0 Å². The highest BCUT2D eigenvalue weighted by Gasteiger charge is 2.38. The van der Waals surface area contributed by atoms with Gasteiger partial charge in [-0.2, -0.15) is 4.31 Å². The maximum Gasteiger partial charge on any atom is 0.243 e. The van der Waals surface area contributed by atoms with Crippen LogP contribution in [0.5, 0.6) is 0 Å². The Morgan fingerprint density at radius 1 is 1.42 bits per heavy atom. The quantitative estimate of drug-likeness (QED) is 0.801. The van der Waals surface area contributed by atoms with Crippen LogP contribution >= 0.6 is 0 Å². The third-order valence-corrected chi connectivity index (χ3v) is 5.37. The van der Waals surface area contributed by atoms with E-state index in [1.165, 1.54) is 0 Å². The van der Waals surface area contributed by atoms with E-state index in [0.717, 1.165) is 12.8 Å². The van der Waals surface area contributed by atoms with Gasteiger partial charge in [0.05, 0.1) is 11.5 Å². The lowest BCUT2D eigenvalue weighted by molar-refractivity contribution is 0.177. The molecule has 19 heavy (non-hydrogen) atoms. The molecule has 5 nitrogen and oxygen atoms in total. The Morgan fingerprint density at radius 2 is 2.11 bits per heavy atom. The van der Waals surface area contributed by atoms with Crippen LogP contribution in [0, 0.1) is 6.92 Å². The summed E-state index contributed by atoms with van der Waals surface area (Å²) < 4.78 is 31.9. The normalized spacial score (nSPS) is 15.9. The Hall–Kier alpha value is -1.11. The third kappa shape index (κ3) is 3.08. The van der Waals surface area contributed by atoms with E-state index >= 15 is 0 Å². The van der Waals surface area contributed by atoms with Crippen LogP contribution in [-0.4, -0.2) is 39.0 Å². The van der Waals surface area contributed by atoms with Gasteiger partial charge in [-0.25, -0.2) is 8.42 Å². The van der Waals surface area contributed by atoms with E-state index in [1.54, 1.807) is 36.5 Å². The molecule has 0 bridgehead atoms. The summed E-state index contributed by atoms with van der Waals surface area (Å²) >= 11 is 0. The molecule has 2 N–H and O–H groups in total. The van der Waals surface area contributed by atoms with Gasteiger partial charge in [0, 0.05) is 25.4 Å². The fourth-order valence-corrected chi connectivity index (χ4v) is 4.01. The maximum absolute atomic E-state index is 12.7. The first-order chi connectivity index (χ1) is 8.96. The summed E-state index contributed by atoms with van der Waals surface area (Å²) in [5.74, 6) is 0. The second-order valence-electron chi connectivity index (χ2n) is 4.86. The van der Waals surface area contributed by atoms with Crippen LogP contribution in [0.15, 0.2) is 23.1 Å². The second-order valence-corrected chi connectivity index (χ2v) is 6.72. The van der Waals surface area contributed by atoms with Crippen LogP contribution in [-0.2, 0) is 14.8 Å². The highest BCUT2D eigenvalue weighted by Crippen LogP contribution is 2.33. The molecule has 0 atom stereocenters. The highest BCUT2D eigenvalue weighted by molar-refractivity contribution is 7.89. The van der Waals surface area contributed by atoms with Crippen LogP contribution < -0.4 is 5.73 Å². The van der Waals surface area contributed by atoms with E-state index in [9.17, 15) is 8.42 Å². The van der Waals surface area contributed by atoms with Crippen molar-refractivity contribution < 1.29 is 13.2 Å². The number of benzene rings is 1. The molecular formula is C13H20N2O3S. The minimum absolute atomic E-state index is 0.122. The molecule has 1 aliphatic carbocycles. The molecule has 0 unspecified atom stereocenters. The summed E-state index contributed by atoms with van der Waals surface area (Å²) in [5, 5.41) is 0. The monoisotopic (exact) mass is 284 g/mol. The molecule has 0 saturated heterocycles. The van der Waals surface area contributed by atoms with Gasteiger partial charge in [0.2, 0.25) is 10.0 Å². The summed E-state index contributed by atoms with van der Waals surface area (Å²) in [6.45, 7) is 2.57. The molecule has 0 amide bonds. The second kappa shape index (κ2) is 5.48. The van der Waals surface area contributed by atoms with Crippen molar-refractivity contribution >= 4 is 15.7 Å². The van der Waals surface area contributed by atoms with Crippen LogP contribution in [0.25, 0.3) is 0 Å². The van der Waals surface area contributed by atoms with Gasteiger partial charge < -0.3 is 10.5 Å². The number of hydrogen-bond acceptors (Lipinski definition) is 4. The van der Waals surface area contributed by atoms with Gasteiger partial charge in [0.25, 0.3) is 0 Å². The summed E-state index contributed by atoms with van der Waals surface area (Å²) in [7, 11) is -1.88. The summed E-state index contributed by atoms with van der Waals surface area (Å²) in [5.41, 5.74) is 6.93. The van der Waals surface area contributed by atoms with E-state index in [4.69, 9.17) is 10.5 Å². The molecule has 0 spiro atoms. The Labute approximate surface area is 114 Å². The zero-order chi connectivity index (χ0) is 14.0. The smallest absolute Gasteiger partial charge is 0.243 e. The van der Waals surface area contributed by atoms with Crippen molar-refractivity contribution in [3.8, 4) is 0 Å². The van der Waals surface area contributed by atoms with Crippen molar-refractivity contribution in [3.05, 3.63) is 23.8 Å². The molecule has 1 aromatic carbocycles. The predicted octanol–water partition coefficient (Wildman–Crippen LogP) is 1.38. The Balaban J connectivity index is 2.33. The van der Waals surface area contributed by atoms with Gasteiger partial charge in [-0.05, 0) is 43.5 Å². The standard InChI is InChI=1S/C13H20N2O3S/c1-10-9-11(14)3-6-13(10)19(16,17)15(7-8-18-2)12-4-5-12/h3,6,9,12H,4-5,7-8,14H2,1-2H3. The number of aryl methyl sites for hydroxylation is 1. The Morgan fingerprint density at radius 3 is 2.63 bits per heavy atom. The lowest BCUT2D eigenvalue weighted by Crippen LogP contribution is -2.36. The van der Waals surface area contributed by atoms with Gasteiger partial charge in [-0.3, -0.25) is 0 Å². The van der Waals surface area contributed by atoms with Crippen LogP contribution in [0.3, 0.4) is 0 Å². The molecule has 1 aliphatic rings. The largest absolute Gasteiger partial charge is 0.399 e. The first kappa shape index (κ1) is 14.3. The molecule has 0 heterocycles. The van der Waals surface area contributed by atoms with E-state index in [0.29, 0.717) is 29.3 Å². The van der Waals surface area contributed by atoms with Crippen LogP contribution in [0.1, 0.15) is 18.4 Å². The molecule has 0 aromatic heterocycles. The summed E-state index contributed by atoms with van der Waals surface area (Å²) in [4.78, 5) is 0.338. The van der Waals surface area contributed by atoms with E-state index in [-0.39, 0.29) is 6.04 Å². The highest BCUT2D eigenvalue weighted by atomic mass is 32.2. The van der Waals surface area contributed by atoms with Gasteiger partial charge in [0.15, 0.2) is 0 Å². The zero-order valence-electron chi connectivity index (χ0n) is 11.3. The molecule has 0 radical (unpaired) electrons. The Kier molecular flexibility index (Phi) is 4.13. The van der Waals surface area contributed by atoms with Crippen molar-refractivity contribution in [2.45, 2.75) is 30.7 Å². The van der Waals surface area contributed by atoms with Crippen LogP contribution in [0.4, 0.5) is 5.69 Å². The van der Waals surface area contributed by atoms with E-state index in [2.05, 4.69) is 0 Å². The van der Waals surface area contributed by atoms with Gasteiger partial charge in [0.1, 0.15) is 0 Å². The lowest BCUT2D eigenvalue weighted by Gasteiger charge is -2.22. The van der Waals surface area contributed by atoms with Gasteiger partial charge in [-0.1, -0.05) is 0 Å². The average molecular weight is 284 g/mol. The molecule has 2 rings (SSSR count). The van der Waals surface area contributed by atoms with E-state index < -0.39 is 10.0 Å². The number of hydrogen-bond donors (Lipinski definition) is 1. The number of rotatable bonds is 6. The third-order valence-electron chi connectivity index (χ3n) is 3.26. The molecule has 1 fully saturated rings. The number of nitrogens with zero attached hydrogens (tertiary/aromatic N) is 1. The number of methoxy groups -OCH3 is 1. The Bertz CT molecular complexity index is 553. The van der Waals surface area contributed by atoms with E-state index in [1.807, 2.05) is 0 Å². The molecule has 1 aromatic rings. The molecule has 106 valence electrons. The number of anilines is 1. The number of sulfonamides is 1. The number of nitrogens with two attached hydrogens (primary N) is 1. The minimum Gasteiger partial charge on any atom is -0.399 e. The SMILES string of the molecule is COCCN(C1CC1)S(=O)(=O)c1ccc(N)cc1C.